The van der Waals surface area contributed by atoms with Gasteiger partial charge in [-0.05, 0) is 23.8 Å². The minimum atomic E-state index is -4.40. The van der Waals surface area contributed by atoms with Gasteiger partial charge >= 0.3 is 6.18 Å². The van der Waals surface area contributed by atoms with Gasteiger partial charge in [0, 0.05) is 24.4 Å². The Kier molecular flexibility index (Phi) is 5.83. The summed E-state index contributed by atoms with van der Waals surface area (Å²) in [6.07, 6.45) is -2.18. The highest BCUT2D eigenvalue weighted by Crippen LogP contribution is 2.33. The number of alkyl halides is 3. The maximum absolute atomic E-state index is 12.9. The number of hydrogen-bond acceptors (Lipinski definition) is 5. The number of amides is 1. The number of rotatable bonds is 6. The van der Waals surface area contributed by atoms with Gasteiger partial charge in [0.25, 0.3) is 0 Å². The van der Waals surface area contributed by atoms with Crippen LogP contribution in [0.3, 0.4) is 0 Å². The molecule has 4 nitrogen and oxygen atoms in total. The fourth-order valence-corrected chi connectivity index (χ4v) is 4.68. The van der Waals surface area contributed by atoms with Gasteiger partial charge in [-0.15, -0.1) is 22.7 Å². The van der Waals surface area contributed by atoms with Crippen molar-refractivity contribution in [1.82, 2.24) is 15.3 Å². The van der Waals surface area contributed by atoms with Crippen molar-refractivity contribution < 1.29 is 18.0 Å². The first kappa shape index (κ1) is 20.5. The second-order valence-electron chi connectivity index (χ2n) is 6.57. The van der Waals surface area contributed by atoms with Gasteiger partial charge < -0.3 is 5.32 Å². The molecule has 0 saturated heterocycles. The van der Waals surface area contributed by atoms with Crippen LogP contribution >= 0.6 is 22.7 Å². The van der Waals surface area contributed by atoms with Crippen LogP contribution in [0.2, 0.25) is 0 Å². The molecule has 9 heteroatoms. The van der Waals surface area contributed by atoms with Crippen molar-refractivity contribution >= 4 is 38.8 Å². The fourth-order valence-electron chi connectivity index (χ4n) is 3.02. The average Bonchev–Trinajstić information content (AvgIpc) is 3.39. The molecule has 1 unspecified atom stereocenters. The normalized spacial score (nSPS) is 12.8. The van der Waals surface area contributed by atoms with Crippen molar-refractivity contribution in [2.75, 3.05) is 0 Å². The van der Waals surface area contributed by atoms with Gasteiger partial charge in [-0.3, -0.25) is 4.79 Å². The monoisotopic (exact) mass is 447 g/mol. The number of hydrogen-bond donors (Lipinski definition) is 1. The zero-order valence-corrected chi connectivity index (χ0v) is 17.2. The molecule has 2 heterocycles. The minimum Gasteiger partial charge on any atom is -0.343 e. The number of nitrogens with one attached hydrogen (secondary N) is 1. The van der Waals surface area contributed by atoms with E-state index >= 15 is 0 Å². The molecule has 0 spiro atoms. The van der Waals surface area contributed by atoms with E-state index in [-0.39, 0.29) is 18.4 Å². The van der Waals surface area contributed by atoms with Gasteiger partial charge in [-0.1, -0.05) is 30.3 Å². The van der Waals surface area contributed by atoms with Crippen molar-refractivity contribution in [2.24, 2.45) is 0 Å². The highest BCUT2D eigenvalue weighted by atomic mass is 32.1. The van der Waals surface area contributed by atoms with E-state index in [0.717, 1.165) is 22.7 Å². The van der Waals surface area contributed by atoms with Crippen LogP contribution in [0.5, 0.6) is 0 Å². The quantitative estimate of drug-likeness (QED) is 0.418. The van der Waals surface area contributed by atoms with Crippen LogP contribution in [0.15, 0.2) is 60.1 Å². The van der Waals surface area contributed by atoms with Gasteiger partial charge in [0.05, 0.1) is 20.8 Å². The molecular formula is C21H16F3N3OS2. The number of fused-ring (bicyclic) bond motifs is 1. The Bertz CT molecular complexity index is 1140. The summed E-state index contributed by atoms with van der Waals surface area (Å²) in [7, 11) is 0. The summed E-state index contributed by atoms with van der Waals surface area (Å²) in [6, 6.07) is 12.7. The summed E-state index contributed by atoms with van der Waals surface area (Å²) in [5.74, 6) is -0.172. The molecule has 4 rings (SSSR count). The van der Waals surface area contributed by atoms with Gasteiger partial charge in [-0.25, -0.2) is 9.97 Å². The zero-order valence-electron chi connectivity index (χ0n) is 15.5. The smallest absolute Gasteiger partial charge is 0.343 e. The first-order chi connectivity index (χ1) is 14.4. The lowest BCUT2D eigenvalue weighted by atomic mass is 10.1. The van der Waals surface area contributed by atoms with Crippen molar-refractivity contribution in [3.05, 3.63) is 81.2 Å². The lowest BCUT2D eigenvalue weighted by Crippen LogP contribution is -2.29. The van der Waals surface area contributed by atoms with Gasteiger partial charge in [0.1, 0.15) is 11.0 Å². The molecule has 2 aromatic carbocycles. The van der Waals surface area contributed by atoms with E-state index in [9.17, 15) is 18.0 Å². The van der Waals surface area contributed by atoms with E-state index < -0.39 is 11.7 Å². The van der Waals surface area contributed by atoms with Crippen LogP contribution in [0, 0.1) is 0 Å². The maximum atomic E-state index is 12.9. The summed E-state index contributed by atoms with van der Waals surface area (Å²) < 4.78 is 39.3. The highest BCUT2D eigenvalue weighted by molar-refractivity contribution is 7.18. The van der Waals surface area contributed by atoms with Crippen LogP contribution in [-0.4, -0.2) is 15.9 Å². The minimum absolute atomic E-state index is 0.172. The highest BCUT2D eigenvalue weighted by Gasteiger charge is 2.30. The number of halogens is 3. The van der Waals surface area contributed by atoms with Gasteiger partial charge in [0.15, 0.2) is 0 Å². The van der Waals surface area contributed by atoms with Crippen LogP contribution in [0.4, 0.5) is 13.2 Å². The number of aromatic nitrogens is 2. The SMILES string of the molecule is O=C(CCc1nc2cc(C(F)(F)F)ccc2s1)NC(c1ccccc1)c1nccs1. The number of nitrogens with zero attached hydrogens (tertiary/aromatic N) is 2. The second kappa shape index (κ2) is 8.53. The number of aryl methyl sites for hydroxylation is 1. The second-order valence-corrected chi connectivity index (χ2v) is 8.61. The van der Waals surface area contributed by atoms with E-state index in [2.05, 4.69) is 15.3 Å². The topological polar surface area (TPSA) is 54.9 Å². The molecule has 0 aliphatic rings. The summed E-state index contributed by atoms with van der Waals surface area (Å²) in [5, 5.41) is 6.28. The first-order valence-electron chi connectivity index (χ1n) is 9.10. The number of carbonyl (C=O) groups is 1. The lowest BCUT2D eigenvalue weighted by molar-refractivity contribution is -0.137. The summed E-state index contributed by atoms with van der Waals surface area (Å²) in [6.45, 7) is 0. The lowest BCUT2D eigenvalue weighted by Gasteiger charge is -2.17. The van der Waals surface area contributed by atoms with E-state index in [1.54, 1.807) is 6.20 Å². The predicted octanol–water partition coefficient (Wildman–Crippen LogP) is 5.61. The Labute approximate surface area is 178 Å². The Morgan fingerprint density at radius 3 is 2.63 bits per heavy atom. The maximum Gasteiger partial charge on any atom is 0.416 e. The van der Waals surface area contributed by atoms with Crippen LogP contribution in [-0.2, 0) is 17.4 Å². The van der Waals surface area contributed by atoms with Crippen molar-refractivity contribution in [1.29, 1.82) is 0 Å². The molecule has 0 aliphatic carbocycles. The summed E-state index contributed by atoms with van der Waals surface area (Å²) in [5.41, 5.74) is 0.509. The van der Waals surface area contributed by atoms with Crippen molar-refractivity contribution in [3.63, 3.8) is 0 Å². The van der Waals surface area contributed by atoms with E-state index in [4.69, 9.17) is 0 Å². The molecule has 2 aromatic heterocycles. The van der Waals surface area contributed by atoms with Crippen molar-refractivity contribution in [2.45, 2.75) is 25.1 Å². The predicted molar refractivity (Wildman–Crippen MR) is 111 cm³/mol. The Hall–Kier alpha value is -2.78. The molecule has 30 heavy (non-hydrogen) atoms. The molecule has 0 bridgehead atoms. The third-order valence-corrected chi connectivity index (χ3v) is 6.40. The van der Waals surface area contributed by atoms with E-state index in [1.165, 1.54) is 28.7 Å². The fraction of sp³-hybridized carbons (Fsp3) is 0.190. The zero-order chi connectivity index (χ0) is 21.1. The molecular weight excluding hydrogens is 431 g/mol. The average molecular weight is 448 g/mol. The molecule has 1 N–H and O–H groups in total. The van der Waals surface area contributed by atoms with Crippen LogP contribution in [0.25, 0.3) is 10.2 Å². The number of carbonyl (C=O) groups excluding carboxylic acids is 1. The Morgan fingerprint density at radius 1 is 1.13 bits per heavy atom. The molecule has 0 radical (unpaired) electrons. The number of benzene rings is 2. The third kappa shape index (κ3) is 4.68. The Morgan fingerprint density at radius 2 is 1.93 bits per heavy atom. The van der Waals surface area contributed by atoms with Gasteiger partial charge in [0.2, 0.25) is 5.91 Å². The van der Waals surface area contributed by atoms with Gasteiger partial charge in [-0.2, -0.15) is 13.2 Å². The number of thiazole rings is 2. The van der Waals surface area contributed by atoms with Crippen LogP contribution in [0.1, 0.15) is 33.6 Å². The molecule has 4 aromatic rings. The molecule has 0 saturated carbocycles. The molecule has 154 valence electrons. The largest absolute Gasteiger partial charge is 0.416 e. The first-order valence-corrected chi connectivity index (χ1v) is 10.8. The standard InChI is InChI=1S/C21H16F3N3OS2/c22-21(23,24)14-6-7-16-15(12-14)26-18(30-16)9-8-17(28)27-19(20-25-10-11-29-20)13-4-2-1-3-5-13/h1-7,10-12,19H,8-9H2,(H,27,28). The molecule has 1 atom stereocenters. The molecule has 1 amide bonds. The van der Waals surface area contributed by atoms with E-state index in [0.29, 0.717) is 21.6 Å². The van der Waals surface area contributed by atoms with Crippen LogP contribution < -0.4 is 5.32 Å². The Balaban J connectivity index is 1.45. The molecule has 0 fully saturated rings. The van der Waals surface area contributed by atoms with Crippen molar-refractivity contribution in [3.8, 4) is 0 Å². The summed E-state index contributed by atoms with van der Waals surface area (Å²) in [4.78, 5) is 21.2. The third-order valence-electron chi connectivity index (χ3n) is 4.46. The summed E-state index contributed by atoms with van der Waals surface area (Å²) >= 11 is 2.76. The molecule has 0 aliphatic heterocycles. The van der Waals surface area contributed by atoms with E-state index in [1.807, 2.05) is 35.7 Å².